The smallest absolute Gasteiger partial charge is 0.159 e. The van der Waals surface area contributed by atoms with E-state index < -0.39 is 11.6 Å². The van der Waals surface area contributed by atoms with Gasteiger partial charge in [-0.1, -0.05) is 18.2 Å². The van der Waals surface area contributed by atoms with Crippen molar-refractivity contribution >= 4 is 11.0 Å². The van der Waals surface area contributed by atoms with E-state index in [9.17, 15) is 8.78 Å². The van der Waals surface area contributed by atoms with Crippen LogP contribution >= 0.6 is 0 Å². The fourth-order valence-corrected chi connectivity index (χ4v) is 2.90. The van der Waals surface area contributed by atoms with E-state index in [4.69, 9.17) is 0 Å². The number of fused-ring (bicyclic) bond motifs is 1. The molecule has 0 radical (unpaired) electrons. The Bertz CT molecular complexity index is 1020. The zero-order valence-electron chi connectivity index (χ0n) is 13.6. The van der Waals surface area contributed by atoms with Gasteiger partial charge in [-0.25, -0.2) is 8.78 Å². The van der Waals surface area contributed by atoms with E-state index >= 15 is 0 Å². The van der Waals surface area contributed by atoms with Crippen molar-refractivity contribution in [3.8, 4) is 11.1 Å². The van der Waals surface area contributed by atoms with E-state index in [1.807, 2.05) is 17.7 Å². The van der Waals surface area contributed by atoms with E-state index in [-0.39, 0.29) is 0 Å². The van der Waals surface area contributed by atoms with Crippen molar-refractivity contribution in [1.82, 2.24) is 20.1 Å². The molecule has 0 bridgehead atoms. The molecule has 126 valence electrons. The van der Waals surface area contributed by atoms with Gasteiger partial charge in [0.1, 0.15) is 5.52 Å². The minimum absolute atomic E-state index is 0.579. The number of halogens is 2. The maximum atomic E-state index is 13.5. The standard InChI is InChI=1S/C19H16F2N4/c1-12-14(3-2-6-22-12)11-25-19-8-15(9-23-18(19)10-24-25)13-4-5-16(20)17(21)7-13/h2-5,7-10,22H,6,11H2,1H3. The first-order valence-corrected chi connectivity index (χ1v) is 7.99. The van der Waals surface area contributed by atoms with Gasteiger partial charge in [0.25, 0.3) is 0 Å². The molecular weight excluding hydrogens is 322 g/mol. The highest BCUT2D eigenvalue weighted by molar-refractivity contribution is 5.80. The Morgan fingerprint density at radius 2 is 2.00 bits per heavy atom. The SMILES string of the molecule is CC1=C(Cn2ncc3ncc(-c4ccc(F)c(F)c4)cc32)C=CCN1. The third-order valence-electron chi connectivity index (χ3n) is 4.35. The summed E-state index contributed by atoms with van der Waals surface area (Å²) < 4.78 is 28.5. The van der Waals surface area contributed by atoms with Crippen LogP contribution in [0, 0.1) is 11.6 Å². The monoisotopic (exact) mass is 338 g/mol. The van der Waals surface area contributed by atoms with Crippen LogP contribution in [0.4, 0.5) is 8.78 Å². The van der Waals surface area contributed by atoms with Crippen LogP contribution in [0.5, 0.6) is 0 Å². The molecule has 0 spiro atoms. The van der Waals surface area contributed by atoms with E-state index in [1.165, 1.54) is 6.07 Å². The number of dihydropyridines is 1. The van der Waals surface area contributed by atoms with E-state index in [0.717, 1.165) is 40.5 Å². The molecule has 4 nitrogen and oxygen atoms in total. The van der Waals surface area contributed by atoms with Gasteiger partial charge in [0.2, 0.25) is 0 Å². The predicted molar refractivity (Wildman–Crippen MR) is 92.7 cm³/mol. The minimum atomic E-state index is -0.870. The summed E-state index contributed by atoms with van der Waals surface area (Å²) in [4.78, 5) is 4.39. The second kappa shape index (κ2) is 6.12. The lowest BCUT2D eigenvalue weighted by atomic mass is 10.1. The van der Waals surface area contributed by atoms with Crippen LogP contribution in [0.3, 0.4) is 0 Å². The second-order valence-corrected chi connectivity index (χ2v) is 5.99. The molecule has 1 aliphatic rings. The molecule has 1 aliphatic heterocycles. The van der Waals surface area contributed by atoms with Crippen molar-refractivity contribution in [2.75, 3.05) is 6.54 Å². The summed E-state index contributed by atoms with van der Waals surface area (Å²) in [5.74, 6) is -1.73. The number of nitrogens with one attached hydrogen (secondary N) is 1. The molecule has 3 aromatic rings. The summed E-state index contributed by atoms with van der Waals surface area (Å²) in [6.45, 7) is 3.48. The van der Waals surface area contributed by atoms with Gasteiger partial charge in [-0.2, -0.15) is 5.10 Å². The van der Waals surface area contributed by atoms with Gasteiger partial charge >= 0.3 is 0 Å². The lowest BCUT2D eigenvalue weighted by Crippen LogP contribution is -2.18. The highest BCUT2D eigenvalue weighted by atomic mass is 19.2. The van der Waals surface area contributed by atoms with Gasteiger partial charge in [-0.05, 0) is 36.3 Å². The maximum Gasteiger partial charge on any atom is 0.159 e. The molecule has 0 saturated carbocycles. The molecule has 0 saturated heterocycles. The van der Waals surface area contributed by atoms with Crippen LogP contribution < -0.4 is 5.32 Å². The molecule has 0 aliphatic carbocycles. The minimum Gasteiger partial charge on any atom is -0.385 e. The third kappa shape index (κ3) is 2.91. The third-order valence-corrected chi connectivity index (χ3v) is 4.35. The van der Waals surface area contributed by atoms with Crippen molar-refractivity contribution < 1.29 is 8.78 Å². The number of nitrogens with zero attached hydrogens (tertiary/aromatic N) is 3. The maximum absolute atomic E-state index is 13.5. The molecule has 0 unspecified atom stereocenters. The predicted octanol–water partition coefficient (Wildman–Crippen LogP) is 3.81. The van der Waals surface area contributed by atoms with Crippen LogP contribution in [-0.4, -0.2) is 21.3 Å². The Morgan fingerprint density at radius 3 is 2.80 bits per heavy atom. The van der Waals surface area contributed by atoms with Crippen molar-refractivity contribution in [2.24, 2.45) is 0 Å². The Kier molecular flexibility index (Phi) is 3.80. The highest BCUT2D eigenvalue weighted by Crippen LogP contribution is 2.25. The fraction of sp³-hybridized carbons (Fsp3) is 0.158. The van der Waals surface area contributed by atoms with Gasteiger partial charge in [-0.3, -0.25) is 9.67 Å². The summed E-state index contributed by atoms with van der Waals surface area (Å²) in [7, 11) is 0. The van der Waals surface area contributed by atoms with Gasteiger partial charge in [0.05, 0.1) is 18.3 Å². The van der Waals surface area contributed by atoms with Crippen LogP contribution in [0.1, 0.15) is 6.92 Å². The number of aromatic nitrogens is 3. The Hall–Kier alpha value is -3.02. The lowest BCUT2D eigenvalue weighted by Gasteiger charge is -2.15. The second-order valence-electron chi connectivity index (χ2n) is 5.99. The number of rotatable bonds is 3. The number of pyridine rings is 1. The van der Waals surface area contributed by atoms with E-state index in [0.29, 0.717) is 12.1 Å². The van der Waals surface area contributed by atoms with Crippen molar-refractivity contribution in [3.63, 3.8) is 0 Å². The topological polar surface area (TPSA) is 42.7 Å². The van der Waals surface area contributed by atoms with Crippen LogP contribution in [0.2, 0.25) is 0 Å². The quantitative estimate of drug-likeness (QED) is 0.790. The van der Waals surface area contributed by atoms with Crippen LogP contribution in [0.15, 0.2) is 60.1 Å². The Morgan fingerprint density at radius 1 is 1.12 bits per heavy atom. The molecule has 3 heterocycles. The van der Waals surface area contributed by atoms with Gasteiger partial charge in [0.15, 0.2) is 11.6 Å². The molecule has 4 rings (SSSR count). The van der Waals surface area contributed by atoms with E-state index in [2.05, 4.69) is 27.6 Å². The zero-order valence-corrected chi connectivity index (χ0v) is 13.6. The largest absolute Gasteiger partial charge is 0.385 e. The molecule has 0 atom stereocenters. The fourth-order valence-electron chi connectivity index (χ4n) is 2.90. The first kappa shape index (κ1) is 15.5. The summed E-state index contributed by atoms with van der Waals surface area (Å²) in [6, 6.07) is 5.75. The molecule has 0 fully saturated rings. The van der Waals surface area contributed by atoms with Gasteiger partial charge in [0, 0.05) is 24.0 Å². The highest BCUT2D eigenvalue weighted by Gasteiger charge is 2.11. The van der Waals surface area contributed by atoms with Crippen molar-refractivity contribution in [3.05, 3.63) is 71.7 Å². The first-order valence-electron chi connectivity index (χ1n) is 7.99. The van der Waals surface area contributed by atoms with E-state index in [1.54, 1.807) is 18.5 Å². The normalized spacial score (nSPS) is 14.2. The summed E-state index contributed by atoms with van der Waals surface area (Å²) in [6.07, 6.45) is 7.51. The number of hydrogen-bond donors (Lipinski definition) is 1. The first-order chi connectivity index (χ1) is 12.1. The molecule has 25 heavy (non-hydrogen) atoms. The number of allylic oxidation sites excluding steroid dienone is 3. The van der Waals surface area contributed by atoms with Crippen molar-refractivity contribution in [2.45, 2.75) is 13.5 Å². The molecule has 1 N–H and O–H groups in total. The average Bonchev–Trinajstić information content (AvgIpc) is 3.01. The number of benzene rings is 1. The summed E-state index contributed by atoms with van der Waals surface area (Å²) in [5.41, 5.74) is 5.18. The Balaban J connectivity index is 1.75. The van der Waals surface area contributed by atoms with Crippen LogP contribution in [0.25, 0.3) is 22.2 Å². The van der Waals surface area contributed by atoms with Gasteiger partial charge < -0.3 is 5.32 Å². The summed E-state index contributed by atoms with van der Waals surface area (Å²) in [5, 5.41) is 7.71. The van der Waals surface area contributed by atoms with Gasteiger partial charge in [-0.15, -0.1) is 0 Å². The molecule has 1 aromatic carbocycles. The lowest BCUT2D eigenvalue weighted by molar-refractivity contribution is 0.509. The van der Waals surface area contributed by atoms with Crippen LogP contribution in [-0.2, 0) is 6.54 Å². The average molecular weight is 338 g/mol. The molecule has 6 heteroatoms. The molecule has 0 amide bonds. The number of hydrogen-bond acceptors (Lipinski definition) is 3. The summed E-state index contributed by atoms with van der Waals surface area (Å²) >= 11 is 0. The molecule has 2 aromatic heterocycles. The van der Waals surface area contributed by atoms with Crippen molar-refractivity contribution in [1.29, 1.82) is 0 Å². The Labute approximate surface area is 143 Å². The molecular formula is C19H16F2N4. The zero-order chi connectivity index (χ0) is 17.4.